The summed E-state index contributed by atoms with van der Waals surface area (Å²) in [4.78, 5) is 69.2. The maximum atomic E-state index is 14.1. The number of rotatable bonds is 9. The third kappa shape index (κ3) is 7.33. The molecule has 314 valence electrons. The highest BCUT2D eigenvalue weighted by Crippen LogP contribution is 2.47. The van der Waals surface area contributed by atoms with E-state index in [0.717, 1.165) is 87.1 Å². The minimum absolute atomic E-state index is 0.116. The predicted octanol–water partition coefficient (Wildman–Crippen LogP) is 7.55. The van der Waals surface area contributed by atoms with Crippen molar-refractivity contribution in [3.8, 4) is 28.1 Å². The Bertz CT molecular complexity index is 2570. The first-order valence-electron chi connectivity index (χ1n) is 21.0. The van der Waals surface area contributed by atoms with E-state index in [-0.39, 0.29) is 29.8 Å². The van der Waals surface area contributed by atoms with Crippen LogP contribution in [0.5, 0.6) is 5.75 Å². The number of aromatic amines is 1. The van der Waals surface area contributed by atoms with E-state index in [4.69, 9.17) is 24.2 Å². The van der Waals surface area contributed by atoms with Crippen LogP contribution in [0.4, 0.5) is 15.3 Å². The standard InChI is InChI=1S/C47H49N7O7/c1-26(2)40(51-46(57)59-3)44(55)54-21-9-13-39(54)43-48-24-37(50-43)28-14-15-30-29(22-28)25-61-42-32(30)17-16-31-33(42)18-19-35-34(31)23-36(49-35)38-12-8-20-53(38)45(56)41(52-47(58)60-4)27-10-6-5-7-11-27/h5-7,10-11,14-19,22,24,26,38-41H,8-9,12-13,20-21,23,25H2,1-4H3,(H,48,50)(H,51,57)(H,52,58)/t38-,39-,40-,41+/m0/s1. The number of nitrogens with one attached hydrogen (secondary N) is 3. The summed E-state index contributed by atoms with van der Waals surface area (Å²) in [5.74, 6) is 1.10. The van der Waals surface area contributed by atoms with Crippen LogP contribution < -0.4 is 15.4 Å². The third-order valence-electron chi connectivity index (χ3n) is 12.5. The zero-order valence-corrected chi connectivity index (χ0v) is 34.7. The number of ether oxygens (including phenoxy) is 3. The van der Waals surface area contributed by atoms with Gasteiger partial charge in [-0.1, -0.05) is 62.4 Å². The molecule has 4 amide bonds. The Balaban J connectivity index is 0.928. The number of nitrogens with zero attached hydrogens (tertiary/aromatic N) is 4. The minimum atomic E-state index is -0.874. The zero-order valence-electron chi connectivity index (χ0n) is 34.7. The number of carbonyl (C=O) groups excluding carboxylic acids is 4. The second-order valence-corrected chi connectivity index (χ2v) is 16.4. The Morgan fingerprint density at radius 1 is 0.820 bits per heavy atom. The quantitative estimate of drug-likeness (QED) is 0.137. The number of alkyl carbamates (subject to hydrolysis) is 2. The van der Waals surface area contributed by atoms with Gasteiger partial charge in [-0.3, -0.25) is 14.6 Å². The second kappa shape index (κ2) is 16.4. The normalized spacial score (nSPS) is 18.7. The summed E-state index contributed by atoms with van der Waals surface area (Å²) in [5.41, 5.74) is 8.63. The average Bonchev–Trinajstić information content (AvgIpc) is 4.13. The molecule has 61 heavy (non-hydrogen) atoms. The number of aromatic nitrogens is 2. The van der Waals surface area contributed by atoms with Gasteiger partial charge in [0, 0.05) is 36.2 Å². The first-order chi connectivity index (χ1) is 29.6. The Labute approximate surface area is 353 Å². The van der Waals surface area contributed by atoms with Gasteiger partial charge in [-0.05, 0) is 89.1 Å². The fourth-order valence-corrected chi connectivity index (χ4v) is 9.45. The number of methoxy groups -OCH3 is 2. The molecule has 0 bridgehead atoms. The highest BCUT2D eigenvalue weighted by atomic mass is 16.5. The van der Waals surface area contributed by atoms with Crippen molar-refractivity contribution in [2.24, 2.45) is 10.9 Å². The smallest absolute Gasteiger partial charge is 0.407 e. The van der Waals surface area contributed by atoms with Crippen LogP contribution in [0, 0.1) is 5.92 Å². The van der Waals surface area contributed by atoms with Crippen molar-refractivity contribution in [3.63, 3.8) is 0 Å². The van der Waals surface area contributed by atoms with Gasteiger partial charge in [0.15, 0.2) is 0 Å². The number of likely N-dealkylation sites (tertiary alicyclic amines) is 2. The molecule has 0 aliphatic carbocycles. The predicted molar refractivity (Wildman–Crippen MR) is 229 cm³/mol. The largest absolute Gasteiger partial charge is 0.488 e. The van der Waals surface area contributed by atoms with Crippen molar-refractivity contribution in [2.45, 2.75) is 76.7 Å². The highest BCUT2D eigenvalue weighted by Gasteiger charge is 2.40. The van der Waals surface area contributed by atoms with Crippen molar-refractivity contribution in [3.05, 3.63) is 102 Å². The summed E-state index contributed by atoms with van der Waals surface area (Å²) in [6.07, 6.45) is 4.38. The summed E-state index contributed by atoms with van der Waals surface area (Å²) in [5, 5.41) is 7.55. The maximum Gasteiger partial charge on any atom is 0.407 e. The molecule has 2 saturated heterocycles. The van der Waals surface area contributed by atoms with Gasteiger partial charge in [-0.2, -0.15) is 0 Å². The summed E-state index contributed by atoms with van der Waals surface area (Å²) in [6, 6.07) is 22.0. The van der Waals surface area contributed by atoms with Crippen LogP contribution in [0.25, 0.3) is 33.2 Å². The lowest BCUT2D eigenvalue weighted by molar-refractivity contribution is -0.135. The molecule has 4 aliphatic rings. The van der Waals surface area contributed by atoms with Crippen LogP contribution >= 0.6 is 0 Å². The number of H-pyrrole nitrogens is 1. The van der Waals surface area contributed by atoms with Crippen molar-refractivity contribution in [1.82, 2.24) is 30.4 Å². The molecule has 2 fully saturated rings. The molecule has 14 heteroatoms. The molecule has 0 spiro atoms. The fourth-order valence-electron chi connectivity index (χ4n) is 9.45. The molecule has 9 rings (SSSR count). The van der Waals surface area contributed by atoms with E-state index in [1.54, 1.807) is 0 Å². The SMILES string of the molecule is COC(=O)N[C@H](C(=O)N1CCC[C@H]1c1ncc(-c2ccc3c(c2)COc2c-3ccc3c4c(ccc23)N=C([C@@H]2CCCN2C(=O)[C@H](NC(=O)OC)c2ccccc2)C4)[nH]1)C(C)C. The first-order valence-corrected chi connectivity index (χ1v) is 21.0. The van der Waals surface area contributed by atoms with E-state index in [1.807, 2.05) is 66.2 Å². The Kier molecular flexibility index (Phi) is 10.7. The van der Waals surface area contributed by atoms with Gasteiger partial charge < -0.3 is 39.6 Å². The molecule has 5 aromatic rings. The van der Waals surface area contributed by atoms with Crippen LogP contribution in [-0.2, 0) is 32.1 Å². The number of hydrogen-bond donors (Lipinski definition) is 3. The van der Waals surface area contributed by atoms with E-state index < -0.39 is 24.3 Å². The van der Waals surface area contributed by atoms with Gasteiger partial charge in [-0.15, -0.1) is 0 Å². The number of aliphatic imine (C=N–C) groups is 1. The van der Waals surface area contributed by atoms with Gasteiger partial charge >= 0.3 is 12.2 Å². The molecule has 14 nitrogen and oxygen atoms in total. The number of benzene rings is 4. The third-order valence-corrected chi connectivity index (χ3v) is 12.5. The van der Waals surface area contributed by atoms with Crippen molar-refractivity contribution >= 4 is 46.2 Å². The minimum Gasteiger partial charge on any atom is -0.488 e. The lowest BCUT2D eigenvalue weighted by atomic mass is 9.90. The van der Waals surface area contributed by atoms with Crippen LogP contribution in [-0.4, -0.2) is 88.9 Å². The van der Waals surface area contributed by atoms with Crippen LogP contribution in [0.1, 0.15) is 74.1 Å². The van der Waals surface area contributed by atoms with Gasteiger partial charge in [-0.25, -0.2) is 14.6 Å². The van der Waals surface area contributed by atoms with E-state index >= 15 is 0 Å². The second-order valence-electron chi connectivity index (χ2n) is 16.4. The van der Waals surface area contributed by atoms with Gasteiger partial charge in [0.25, 0.3) is 0 Å². The summed E-state index contributed by atoms with van der Waals surface area (Å²) in [6.45, 7) is 5.36. The molecule has 0 unspecified atom stereocenters. The molecule has 1 aromatic heterocycles. The van der Waals surface area contributed by atoms with E-state index in [0.29, 0.717) is 37.5 Å². The number of imidazole rings is 1. The highest BCUT2D eigenvalue weighted by molar-refractivity contribution is 6.08. The van der Waals surface area contributed by atoms with Crippen molar-refractivity contribution < 1.29 is 33.4 Å². The number of carbonyl (C=O) groups is 4. The lowest BCUT2D eigenvalue weighted by Crippen LogP contribution is -2.51. The van der Waals surface area contributed by atoms with Crippen LogP contribution in [0.2, 0.25) is 0 Å². The van der Waals surface area contributed by atoms with Gasteiger partial charge in [0.05, 0.1) is 43.9 Å². The van der Waals surface area contributed by atoms with Gasteiger partial charge in [0.2, 0.25) is 11.8 Å². The first kappa shape index (κ1) is 39.7. The number of amides is 4. The van der Waals surface area contributed by atoms with Crippen LogP contribution in [0.3, 0.4) is 0 Å². The molecule has 3 N–H and O–H groups in total. The van der Waals surface area contributed by atoms with E-state index in [9.17, 15) is 19.2 Å². The fraction of sp³-hybridized carbons (Fsp3) is 0.362. The summed E-state index contributed by atoms with van der Waals surface area (Å²) in [7, 11) is 2.58. The molecule has 0 radical (unpaired) electrons. The molecular formula is C47H49N7O7. The molecule has 5 heterocycles. The van der Waals surface area contributed by atoms with Gasteiger partial charge in [0.1, 0.15) is 30.3 Å². The van der Waals surface area contributed by atoms with E-state index in [1.165, 1.54) is 14.2 Å². The maximum absolute atomic E-state index is 14.1. The number of hydrogen-bond acceptors (Lipinski definition) is 9. The Hall–Kier alpha value is -6.70. The van der Waals surface area contributed by atoms with E-state index in [2.05, 4.69) is 52.0 Å². The van der Waals surface area contributed by atoms with Crippen molar-refractivity contribution in [2.75, 3.05) is 27.3 Å². The average molecular weight is 824 g/mol. The molecule has 0 saturated carbocycles. The molecule has 4 aromatic carbocycles. The lowest BCUT2D eigenvalue weighted by Gasteiger charge is -2.30. The molecular weight excluding hydrogens is 775 g/mol. The molecule has 4 aliphatic heterocycles. The van der Waals surface area contributed by atoms with Crippen LogP contribution in [0.15, 0.2) is 84.0 Å². The van der Waals surface area contributed by atoms with Crippen molar-refractivity contribution in [1.29, 1.82) is 0 Å². The summed E-state index contributed by atoms with van der Waals surface area (Å²) >= 11 is 0. The topological polar surface area (TPSA) is 168 Å². The zero-order chi connectivity index (χ0) is 42.4. The Morgan fingerprint density at radius 3 is 2.28 bits per heavy atom. The summed E-state index contributed by atoms with van der Waals surface area (Å²) < 4.78 is 16.2. The molecule has 4 atom stereocenters. The monoisotopic (exact) mass is 823 g/mol. The number of fused-ring (bicyclic) bond motifs is 7. The Morgan fingerprint density at radius 2 is 1.52 bits per heavy atom.